The van der Waals surface area contributed by atoms with Crippen molar-refractivity contribution in [2.75, 3.05) is 25.4 Å². The van der Waals surface area contributed by atoms with Crippen LogP contribution in [0.2, 0.25) is 0 Å². The molecule has 2 aromatic heterocycles. The van der Waals surface area contributed by atoms with Crippen molar-refractivity contribution in [2.24, 2.45) is 5.92 Å². The molecule has 1 saturated heterocycles. The number of hydrogen-bond donors (Lipinski definition) is 3. The van der Waals surface area contributed by atoms with E-state index >= 15 is 0 Å². The van der Waals surface area contributed by atoms with Gasteiger partial charge < -0.3 is 15.6 Å². The van der Waals surface area contributed by atoms with Crippen molar-refractivity contribution in [3.05, 3.63) is 59.3 Å². The molecular formula is C29H34N4O2S. The highest BCUT2D eigenvalue weighted by Crippen LogP contribution is 2.38. The molecule has 4 aromatic rings. The third kappa shape index (κ3) is 4.82. The second kappa shape index (κ2) is 10.5. The molecule has 1 aliphatic rings. The van der Waals surface area contributed by atoms with Gasteiger partial charge in [0.05, 0.1) is 16.3 Å². The number of benzene rings is 2. The number of hydrogen-bond acceptors (Lipinski definition) is 4. The number of aromatic amines is 1. The average molecular weight is 503 g/mol. The average Bonchev–Trinajstić information content (AvgIpc) is 3.28. The maximum atomic E-state index is 13.4. The first-order chi connectivity index (χ1) is 17.5. The molecule has 1 amide bonds. The highest BCUT2D eigenvalue weighted by Gasteiger charge is 2.21. The molecule has 7 heteroatoms. The summed E-state index contributed by atoms with van der Waals surface area (Å²) in [7, 11) is -1.06. The molecule has 188 valence electrons. The summed E-state index contributed by atoms with van der Waals surface area (Å²) in [6.45, 7) is 8.76. The molecule has 0 bridgehead atoms. The molecule has 3 N–H and O–H groups in total. The molecule has 2 aromatic carbocycles. The van der Waals surface area contributed by atoms with E-state index in [1.165, 1.54) is 12.8 Å². The molecule has 5 rings (SSSR count). The van der Waals surface area contributed by atoms with Crippen LogP contribution in [0.3, 0.4) is 0 Å². The van der Waals surface area contributed by atoms with Crippen LogP contribution in [0.1, 0.15) is 47.7 Å². The third-order valence-electron chi connectivity index (χ3n) is 7.34. The van der Waals surface area contributed by atoms with Gasteiger partial charge in [0.25, 0.3) is 5.91 Å². The highest BCUT2D eigenvalue weighted by atomic mass is 32.2. The smallest absolute Gasteiger partial charge is 0.251 e. The van der Waals surface area contributed by atoms with Crippen LogP contribution < -0.4 is 10.6 Å². The summed E-state index contributed by atoms with van der Waals surface area (Å²) in [5.41, 5.74) is 6.28. The van der Waals surface area contributed by atoms with Crippen LogP contribution >= 0.6 is 0 Å². The molecule has 0 aliphatic carbocycles. The van der Waals surface area contributed by atoms with Crippen LogP contribution in [0.5, 0.6) is 0 Å². The number of rotatable bonds is 7. The molecular weight excluding hydrogens is 468 g/mol. The van der Waals surface area contributed by atoms with Crippen molar-refractivity contribution in [2.45, 2.75) is 44.9 Å². The maximum absolute atomic E-state index is 13.4. The van der Waals surface area contributed by atoms with E-state index in [2.05, 4.69) is 26.7 Å². The molecule has 6 nitrogen and oxygen atoms in total. The second-order valence-corrected chi connectivity index (χ2v) is 11.5. The van der Waals surface area contributed by atoms with Crippen molar-refractivity contribution in [3.63, 3.8) is 0 Å². The number of nitrogens with zero attached hydrogens (tertiary/aromatic N) is 1. The van der Waals surface area contributed by atoms with E-state index in [0.717, 1.165) is 68.6 Å². The normalized spacial score (nSPS) is 15.4. The Labute approximate surface area is 214 Å². The van der Waals surface area contributed by atoms with E-state index in [9.17, 15) is 9.00 Å². The lowest BCUT2D eigenvalue weighted by atomic mass is 9.93. The van der Waals surface area contributed by atoms with E-state index in [4.69, 9.17) is 0 Å². The minimum absolute atomic E-state index is 0.0549. The lowest BCUT2D eigenvalue weighted by Crippen LogP contribution is -2.31. The van der Waals surface area contributed by atoms with Gasteiger partial charge in [-0.25, -0.2) is 4.98 Å². The summed E-state index contributed by atoms with van der Waals surface area (Å²) in [6.07, 6.45) is 5.19. The van der Waals surface area contributed by atoms with Gasteiger partial charge in [-0.3, -0.25) is 9.00 Å². The molecule has 1 unspecified atom stereocenters. The highest BCUT2D eigenvalue weighted by molar-refractivity contribution is 7.85. The SMILES string of the molecule is CCS(=O)c1cccc(-c2cc(C(=O)NCCC3CCNCC3)c(C)c3[nH]c4ncc(C)cc4c23)c1. The predicted molar refractivity (Wildman–Crippen MR) is 148 cm³/mol. The summed E-state index contributed by atoms with van der Waals surface area (Å²) in [4.78, 5) is 22.3. The molecule has 1 aliphatic heterocycles. The van der Waals surface area contributed by atoms with Gasteiger partial charge in [0.1, 0.15) is 5.65 Å². The van der Waals surface area contributed by atoms with E-state index in [1.807, 2.05) is 57.3 Å². The topological polar surface area (TPSA) is 86.9 Å². The monoisotopic (exact) mass is 502 g/mol. The lowest BCUT2D eigenvalue weighted by molar-refractivity contribution is 0.0950. The van der Waals surface area contributed by atoms with Gasteiger partial charge in [-0.15, -0.1) is 0 Å². The molecule has 0 saturated carbocycles. The van der Waals surface area contributed by atoms with E-state index in [0.29, 0.717) is 23.8 Å². The van der Waals surface area contributed by atoms with Gasteiger partial charge in [0, 0.05) is 39.7 Å². The zero-order valence-electron chi connectivity index (χ0n) is 21.2. The summed E-state index contributed by atoms with van der Waals surface area (Å²) in [5.74, 6) is 1.17. The molecule has 0 spiro atoms. The molecule has 36 heavy (non-hydrogen) atoms. The number of carbonyl (C=O) groups excluding carboxylic acids is 1. The largest absolute Gasteiger partial charge is 0.352 e. The molecule has 3 heterocycles. The Morgan fingerprint density at radius 1 is 1.17 bits per heavy atom. The zero-order valence-corrected chi connectivity index (χ0v) is 22.1. The fraction of sp³-hybridized carbons (Fsp3) is 0.379. The third-order valence-corrected chi connectivity index (χ3v) is 8.64. The van der Waals surface area contributed by atoms with Crippen LogP contribution in [0.25, 0.3) is 33.1 Å². The number of aryl methyl sites for hydroxylation is 2. The van der Waals surface area contributed by atoms with Gasteiger partial charge in [-0.1, -0.05) is 19.1 Å². The summed E-state index contributed by atoms with van der Waals surface area (Å²) in [5, 5.41) is 8.65. The summed E-state index contributed by atoms with van der Waals surface area (Å²) < 4.78 is 12.6. The predicted octanol–water partition coefficient (Wildman–Crippen LogP) is 5.25. The fourth-order valence-corrected chi connectivity index (χ4v) is 6.11. The van der Waals surface area contributed by atoms with Crippen molar-refractivity contribution < 1.29 is 9.00 Å². The van der Waals surface area contributed by atoms with Gasteiger partial charge >= 0.3 is 0 Å². The Bertz CT molecular complexity index is 1450. The van der Waals surface area contributed by atoms with Crippen molar-refractivity contribution in [1.29, 1.82) is 0 Å². The number of pyridine rings is 1. The van der Waals surface area contributed by atoms with Crippen LogP contribution in [0, 0.1) is 19.8 Å². The van der Waals surface area contributed by atoms with Crippen LogP contribution in [0.15, 0.2) is 47.5 Å². The van der Waals surface area contributed by atoms with E-state index in [-0.39, 0.29) is 5.91 Å². The number of amides is 1. The number of piperidine rings is 1. The second-order valence-electron chi connectivity index (χ2n) is 9.78. The first-order valence-corrected chi connectivity index (χ1v) is 14.2. The number of fused-ring (bicyclic) bond motifs is 3. The van der Waals surface area contributed by atoms with Crippen LogP contribution in [0.4, 0.5) is 0 Å². The Morgan fingerprint density at radius 3 is 2.75 bits per heavy atom. The van der Waals surface area contributed by atoms with E-state index < -0.39 is 10.8 Å². The van der Waals surface area contributed by atoms with Crippen molar-refractivity contribution >= 4 is 38.6 Å². The van der Waals surface area contributed by atoms with Crippen LogP contribution in [-0.4, -0.2) is 45.5 Å². The van der Waals surface area contributed by atoms with Gasteiger partial charge in [-0.2, -0.15) is 0 Å². The Hall–Kier alpha value is -3.03. The van der Waals surface area contributed by atoms with Crippen molar-refractivity contribution in [3.8, 4) is 11.1 Å². The first kappa shape index (κ1) is 24.7. The summed E-state index contributed by atoms with van der Waals surface area (Å²) in [6, 6.07) is 12.0. The van der Waals surface area contributed by atoms with E-state index in [1.54, 1.807) is 0 Å². The lowest BCUT2D eigenvalue weighted by Gasteiger charge is -2.22. The maximum Gasteiger partial charge on any atom is 0.251 e. The Morgan fingerprint density at radius 2 is 1.97 bits per heavy atom. The Kier molecular flexibility index (Phi) is 7.21. The van der Waals surface area contributed by atoms with Crippen LogP contribution in [-0.2, 0) is 10.8 Å². The quantitative estimate of drug-likeness (QED) is 0.322. The van der Waals surface area contributed by atoms with Gasteiger partial charge in [-0.05, 0) is 98.6 Å². The Balaban J connectivity index is 1.59. The summed E-state index contributed by atoms with van der Waals surface area (Å²) >= 11 is 0. The van der Waals surface area contributed by atoms with Gasteiger partial charge in [0.2, 0.25) is 0 Å². The zero-order chi connectivity index (χ0) is 25.2. The standard InChI is InChI=1S/C29H34N4O2S/c1-4-36(35)22-7-5-6-21(15-22)24-16-23(29(34)31-13-10-20-8-11-30-12-9-20)19(3)27-26(24)25-14-18(2)17-32-28(25)33-27/h5-7,14-17,20,30H,4,8-13H2,1-3H3,(H,31,34)(H,32,33). The minimum atomic E-state index is -1.06. The minimum Gasteiger partial charge on any atom is -0.352 e. The number of aromatic nitrogens is 2. The fourth-order valence-electron chi connectivity index (χ4n) is 5.29. The molecule has 1 atom stereocenters. The molecule has 0 radical (unpaired) electrons. The molecule has 1 fully saturated rings. The van der Waals surface area contributed by atoms with Crippen molar-refractivity contribution in [1.82, 2.24) is 20.6 Å². The first-order valence-electron chi connectivity index (χ1n) is 12.9. The van der Waals surface area contributed by atoms with Gasteiger partial charge in [0.15, 0.2) is 0 Å². The number of H-pyrrole nitrogens is 1. The number of nitrogens with one attached hydrogen (secondary N) is 3. The number of carbonyl (C=O) groups is 1.